The Labute approximate surface area is 123 Å². The first kappa shape index (κ1) is 14.9. The molecule has 106 valence electrons. The highest BCUT2D eigenvalue weighted by Crippen LogP contribution is 2.29. The molecule has 0 aliphatic rings. The molecule has 0 unspecified atom stereocenters. The normalized spacial score (nSPS) is 11.4. The van der Waals surface area contributed by atoms with Crippen molar-refractivity contribution in [3.8, 4) is 11.1 Å². The van der Waals surface area contributed by atoms with E-state index in [2.05, 4.69) is 17.9 Å². The van der Waals surface area contributed by atoms with Crippen LogP contribution in [0.4, 0.5) is 10.1 Å². The van der Waals surface area contributed by atoms with Crippen LogP contribution in [0.15, 0.2) is 46.2 Å². The summed E-state index contributed by atoms with van der Waals surface area (Å²) in [5.41, 5.74) is 2.27. The van der Waals surface area contributed by atoms with Gasteiger partial charge in [0.2, 0.25) is 0 Å². The zero-order chi connectivity index (χ0) is 14.9. The summed E-state index contributed by atoms with van der Waals surface area (Å²) in [5.74, 6) is -0.741. The minimum absolute atomic E-state index is 0.298. The predicted octanol–water partition coefficient (Wildman–Crippen LogP) is 3.23. The van der Waals surface area contributed by atoms with E-state index >= 15 is 0 Å². The number of hydrogen-bond donors (Lipinski definition) is 2. The summed E-state index contributed by atoms with van der Waals surface area (Å²) in [6.45, 7) is 0. The lowest BCUT2D eigenvalue weighted by molar-refractivity contribution is 0.571. The monoisotopic (exact) mass is 311 g/mol. The lowest BCUT2D eigenvalue weighted by Crippen LogP contribution is -2.01. The number of rotatable bonds is 3. The molecule has 0 radical (unpaired) electrons. The van der Waals surface area contributed by atoms with Crippen LogP contribution >= 0.6 is 12.6 Å². The number of sulfone groups is 1. The molecule has 0 amide bonds. The average Bonchev–Trinajstić information content (AvgIpc) is 2.37. The third-order valence-electron chi connectivity index (χ3n) is 2.93. The Morgan fingerprint density at radius 1 is 1.10 bits per heavy atom. The molecule has 0 spiro atoms. The van der Waals surface area contributed by atoms with Crippen molar-refractivity contribution in [3.63, 3.8) is 0 Å². The average molecular weight is 311 g/mol. The van der Waals surface area contributed by atoms with Gasteiger partial charge in [-0.05, 0) is 35.4 Å². The van der Waals surface area contributed by atoms with Crippen molar-refractivity contribution in [2.45, 2.75) is 9.79 Å². The van der Waals surface area contributed by atoms with E-state index in [4.69, 9.17) is 0 Å². The molecule has 6 heteroatoms. The number of thiol groups is 1. The Morgan fingerprint density at radius 3 is 2.25 bits per heavy atom. The summed E-state index contributed by atoms with van der Waals surface area (Å²) in [6, 6.07) is 9.51. The fourth-order valence-electron chi connectivity index (χ4n) is 1.89. The summed E-state index contributed by atoms with van der Waals surface area (Å²) in [6.07, 6.45) is 0.989. The van der Waals surface area contributed by atoms with Crippen molar-refractivity contribution in [2.24, 2.45) is 0 Å². The van der Waals surface area contributed by atoms with Gasteiger partial charge in [-0.1, -0.05) is 12.1 Å². The van der Waals surface area contributed by atoms with Crippen molar-refractivity contribution in [2.75, 3.05) is 18.6 Å². The molecule has 3 nitrogen and oxygen atoms in total. The van der Waals surface area contributed by atoms with Crippen molar-refractivity contribution in [3.05, 3.63) is 42.2 Å². The maximum absolute atomic E-state index is 13.6. The Bertz CT molecular complexity index is 758. The van der Waals surface area contributed by atoms with Crippen LogP contribution in [-0.4, -0.2) is 21.7 Å². The van der Waals surface area contributed by atoms with Gasteiger partial charge in [0.25, 0.3) is 0 Å². The summed E-state index contributed by atoms with van der Waals surface area (Å²) >= 11 is 4.35. The molecule has 0 fully saturated rings. The number of hydrogen-bond acceptors (Lipinski definition) is 4. The van der Waals surface area contributed by atoms with Crippen molar-refractivity contribution >= 4 is 28.2 Å². The molecular formula is C14H14FNO2S2. The van der Waals surface area contributed by atoms with Crippen LogP contribution in [0.3, 0.4) is 0 Å². The van der Waals surface area contributed by atoms with Crippen LogP contribution < -0.4 is 5.32 Å². The van der Waals surface area contributed by atoms with Crippen molar-refractivity contribution in [1.29, 1.82) is 0 Å². The largest absolute Gasteiger partial charge is 0.387 e. The minimum Gasteiger partial charge on any atom is -0.387 e. The molecule has 2 aromatic rings. The van der Waals surface area contributed by atoms with Gasteiger partial charge in [-0.3, -0.25) is 0 Å². The van der Waals surface area contributed by atoms with Crippen LogP contribution in [0, 0.1) is 5.82 Å². The Hall–Kier alpha value is -1.53. The smallest absolute Gasteiger partial charge is 0.178 e. The standard InChI is InChI=1S/C14H14FNO2S2/c1-16-12-6-4-9(7-13(12)19)10-3-5-11(15)14(8-10)20(2,17)18/h3-8,16,19H,1-2H3. The van der Waals surface area contributed by atoms with Gasteiger partial charge in [-0.2, -0.15) is 0 Å². The summed E-state index contributed by atoms with van der Waals surface area (Å²) in [5, 5.41) is 2.99. The van der Waals surface area contributed by atoms with Gasteiger partial charge in [0, 0.05) is 23.9 Å². The zero-order valence-electron chi connectivity index (χ0n) is 11.0. The molecule has 20 heavy (non-hydrogen) atoms. The van der Waals surface area contributed by atoms with Crippen LogP contribution in [-0.2, 0) is 9.84 Å². The van der Waals surface area contributed by atoms with E-state index in [0.717, 1.165) is 28.5 Å². The lowest BCUT2D eigenvalue weighted by Gasteiger charge is -2.09. The summed E-state index contributed by atoms with van der Waals surface area (Å²) < 4.78 is 36.7. The van der Waals surface area contributed by atoms with Gasteiger partial charge in [0.05, 0.1) is 0 Å². The number of nitrogens with one attached hydrogen (secondary N) is 1. The van der Waals surface area contributed by atoms with E-state index in [0.29, 0.717) is 5.56 Å². The molecular weight excluding hydrogens is 297 g/mol. The highest BCUT2D eigenvalue weighted by atomic mass is 32.2. The number of anilines is 1. The van der Waals surface area contributed by atoms with Crippen LogP contribution in [0.1, 0.15) is 0 Å². The number of halogens is 1. The van der Waals surface area contributed by atoms with Gasteiger partial charge in [-0.25, -0.2) is 12.8 Å². The van der Waals surface area contributed by atoms with Gasteiger partial charge >= 0.3 is 0 Å². The third-order valence-corrected chi connectivity index (χ3v) is 4.41. The van der Waals surface area contributed by atoms with E-state index in [1.165, 1.54) is 6.07 Å². The molecule has 0 aliphatic carbocycles. The first-order valence-corrected chi connectivity index (χ1v) is 8.17. The first-order valence-electron chi connectivity index (χ1n) is 5.83. The fourth-order valence-corrected chi connectivity index (χ4v) is 2.98. The quantitative estimate of drug-likeness (QED) is 0.856. The minimum atomic E-state index is -3.59. The second-order valence-electron chi connectivity index (χ2n) is 4.40. The molecule has 0 atom stereocenters. The molecule has 0 aromatic heterocycles. The van der Waals surface area contributed by atoms with Gasteiger partial charge in [0.1, 0.15) is 10.7 Å². The summed E-state index contributed by atoms with van der Waals surface area (Å²) in [4.78, 5) is 0.434. The van der Waals surface area contributed by atoms with Crippen LogP contribution in [0.5, 0.6) is 0 Å². The molecule has 1 N–H and O–H groups in total. The third kappa shape index (κ3) is 2.96. The molecule has 0 saturated heterocycles. The molecule has 0 heterocycles. The Morgan fingerprint density at radius 2 is 1.70 bits per heavy atom. The fraction of sp³-hybridized carbons (Fsp3) is 0.143. The second kappa shape index (κ2) is 5.46. The zero-order valence-corrected chi connectivity index (χ0v) is 12.7. The van der Waals surface area contributed by atoms with Crippen LogP contribution in [0.25, 0.3) is 11.1 Å². The molecule has 2 aromatic carbocycles. The van der Waals surface area contributed by atoms with E-state index < -0.39 is 15.7 Å². The topological polar surface area (TPSA) is 46.2 Å². The molecule has 0 aliphatic heterocycles. The van der Waals surface area contributed by atoms with E-state index in [1.807, 2.05) is 12.1 Å². The van der Waals surface area contributed by atoms with Crippen molar-refractivity contribution in [1.82, 2.24) is 0 Å². The van der Waals surface area contributed by atoms with Gasteiger partial charge in [0.15, 0.2) is 9.84 Å². The Balaban J connectivity index is 2.57. The van der Waals surface area contributed by atoms with E-state index in [1.54, 1.807) is 19.2 Å². The van der Waals surface area contributed by atoms with Crippen LogP contribution in [0.2, 0.25) is 0 Å². The predicted molar refractivity (Wildman–Crippen MR) is 81.7 cm³/mol. The molecule has 0 bridgehead atoms. The first-order chi connectivity index (χ1) is 9.32. The molecule has 0 saturated carbocycles. The van der Waals surface area contributed by atoms with Gasteiger partial charge < -0.3 is 5.32 Å². The highest BCUT2D eigenvalue weighted by molar-refractivity contribution is 7.90. The van der Waals surface area contributed by atoms with E-state index in [9.17, 15) is 12.8 Å². The van der Waals surface area contributed by atoms with Gasteiger partial charge in [-0.15, -0.1) is 12.6 Å². The molecule has 2 rings (SSSR count). The second-order valence-corrected chi connectivity index (χ2v) is 6.87. The highest BCUT2D eigenvalue weighted by Gasteiger charge is 2.15. The van der Waals surface area contributed by atoms with E-state index in [-0.39, 0.29) is 4.90 Å². The summed E-state index contributed by atoms with van der Waals surface area (Å²) in [7, 11) is -1.81. The Kier molecular flexibility index (Phi) is 4.06. The number of benzene rings is 2. The SMILES string of the molecule is CNc1ccc(-c2ccc(F)c(S(C)(=O)=O)c2)cc1S. The maximum atomic E-state index is 13.6. The lowest BCUT2D eigenvalue weighted by atomic mass is 10.1. The maximum Gasteiger partial charge on any atom is 0.178 e. The van der Waals surface area contributed by atoms with Crippen molar-refractivity contribution < 1.29 is 12.8 Å².